The number of carbonyl (C=O) groups excluding carboxylic acids is 1. The zero-order valence-corrected chi connectivity index (χ0v) is 7.08. The van der Waals surface area contributed by atoms with Crippen molar-refractivity contribution in [2.45, 2.75) is 6.10 Å². The van der Waals surface area contributed by atoms with E-state index in [4.69, 9.17) is 4.74 Å². The second-order valence-electron chi connectivity index (χ2n) is 2.50. The Hall–Kier alpha value is -0.870. The fourth-order valence-corrected chi connectivity index (χ4v) is 0.963. The summed E-state index contributed by atoms with van der Waals surface area (Å²) in [7, 11) is 1.35. The average Bonchev–Trinajstić information content (AvgIpc) is 2.16. The molecule has 1 saturated heterocycles. The van der Waals surface area contributed by atoms with Crippen LogP contribution in [0.2, 0.25) is 0 Å². The van der Waals surface area contributed by atoms with Gasteiger partial charge in [-0.1, -0.05) is 0 Å². The molecule has 0 aliphatic carbocycles. The van der Waals surface area contributed by atoms with Gasteiger partial charge in [-0.05, 0) is 6.08 Å². The molecule has 0 aromatic rings. The lowest BCUT2D eigenvalue weighted by Gasteiger charge is -2.20. The zero-order chi connectivity index (χ0) is 8.81. The predicted molar refractivity (Wildman–Crippen MR) is 43.8 cm³/mol. The minimum Gasteiger partial charge on any atom is -0.466 e. The number of ether oxygens (including phenoxy) is 2. The first kappa shape index (κ1) is 9.22. The van der Waals surface area contributed by atoms with E-state index in [0.29, 0.717) is 6.61 Å². The Morgan fingerprint density at radius 1 is 1.75 bits per heavy atom. The van der Waals surface area contributed by atoms with E-state index < -0.39 is 0 Å². The van der Waals surface area contributed by atoms with Crippen LogP contribution >= 0.6 is 0 Å². The van der Waals surface area contributed by atoms with Crippen LogP contribution in [0, 0.1) is 0 Å². The number of nitrogens with one attached hydrogen (secondary N) is 1. The van der Waals surface area contributed by atoms with E-state index in [2.05, 4.69) is 10.1 Å². The van der Waals surface area contributed by atoms with Gasteiger partial charge in [-0.3, -0.25) is 0 Å². The van der Waals surface area contributed by atoms with Crippen molar-refractivity contribution < 1.29 is 14.3 Å². The maximum absolute atomic E-state index is 10.7. The molecule has 1 unspecified atom stereocenters. The van der Waals surface area contributed by atoms with E-state index in [1.54, 1.807) is 6.08 Å². The van der Waals surface area contributed by atoms with Gasteiger partial charge in [0.25, 0.3) is 0 Å². The SMILES string of the molecule is COC(=O)C=CC1CNCCO1. The van der Waals surface area contributed by atoms with E-state index in [9.17, 15) is 4.79 Å². The van der Waals surface area contributed by atoms with Gasteiger partial charge in [0, 0.05) is 19.2 Å². The van der Waals surface area contributed by atoms with Gasteiger partial charge >= 0.3 is 5.97 Å². The van der Waals surface area contributed by atoms with Crippen LogP contribution in [0.1, 0.15) is 0 Å². The minimum atomic E-state index is -0.343. The van der Waals surface area contributed by atoms with Crippen molar-refractivity contribution >= 4 is 5.97 Å². The molecule has 1 rings (SSSR count). The summed E-state index contributed by atoms with van der Waals surface area (Å²) in [5, 5.41) is 3.15. The molecular formula is C8H13NO3. The molecule has 0 bridgehead atoms. The molecule has 0 amide bonds. The van der Waals surface area contributed by atoms with Crippen LogP contribution in [0.4, 0.5) is 0 Å². The third-order valence-corrected chi connectivity index (χ3v) is 1.60. The summed E-state index contributed by atoms with van der Waals surface area (Å²) >= 11 is 0. The average molecular weight is 171 g/mol. The largest absolute Gasteiger partial charge is 0.466 e. The van der Waals surface area contributed by atoms with Gasteiger partial charge in [-0.15, -0.1) is 0 Å². The molecule has 1 aliphatic heterocycles. The van der Waals surface area contributed by atoms with Crippen LogP contribution in [0.3, 0.4) is 0 Å². The number of esters is 1. The van der Waals surface area contributed by atoms with Crippen LogP contribution < -0.4 is 5.32 Å². The number of hydrogen-bond acceptors (Lipinski definition) is 4. The highest BCUT2D eigenvalue weighted by molar-refractivity contribution is 5.81. The molecule has 1 atom stereocenters. The fraction of sp³-hybridized carbons (Fsp3) is 0.625. The lowest BCUT2D eigenvalue weighted by Crippen LogP contribution is -2.37. The van der Waals surface area contributed by atoms with Gasteiger partial charge in [0.1, 0.15) is 0 Å². The van der Waals surface area contributed by atoms with Crippen LogP contribution in [-0.2, 0) is 14.3 Å². The topological polar surface area (TPSA) is 47.6 Å². The van der Waals surface area contributed by atoms with Gasteiger partial charge in [0.05, 0.1) is 19.8 Å². The van der Waals surface area contributed by atoms with Crippen molar-refractivity contribution in [2.75, 3.05) is 26.8 Å². The maximum Gasteiger partial charge on any atom is 0.330 e. The van der Waals surface area contributed by atoms with Gasteiger partial charge < -0.3 is 14.8 Å². The van der Waals surface area contributed by atoms with Crippen molar-refractivity contribution in [3.8, 4) is 0 Å². The summed E-state index contributed by atoms with van der Waals surface area (Å²) in [6.07, 6.45) is 3.09. The third kappa shape index (κ3) is 3.02. The van der Waals surface area contributed by atoms with Gasteiger partial charge in [0.2, 0.25) is 0 Å². The van der Waals surface area contributed by atoms with Gasteiger partial charge in [0.15, 0.2) is 0 Å². The van der Waals surface area contributed by atoms with E-state index in [-0.39, 0.29) is 12.1 Å². The van der Waals surface area contributed by atoms with Crippen molar-refractivity contribution in [1.82, 2.24) is 5.32 Å². The van der Waals surface area contributed by atoms with Crippen LogP contribution in [0.5, 0.6) is 0 Å². The highest BCUT2D eigenvalue weighted by Gasteiger charge is 2.09. The second-order valence-corrected chi connectivity index (χ2v) is 2.50. The molecule has 1 heterocycles. The van der Waals surface area contributed by atoms with Crippen molar-refractivity contribution in [3.63, 3.8) is 0 Å². The maximum atomic E-state index is 10.7. The molecule has 1 fully saturated rings. The number of hydrogen-bond donors (Lipinski definition) is 1. The Morgan fingerprint density at radius 2 is 2.58 bits per heavy atom. The quantitative estimate of drug-likeness (QED) is 0.458. The van der Waals surface area contributed by atoms with Crippen LogP contribution in [0.25, 0.3) is 0 Å². The first-order chi connectivity index (χ1) is 5.83. The minimum absolute atomic E-state index is 0.00199. The second kappa shape index (κ2) is 4.90. The standard InChI is InChI=1S/C8H13NO3/c1-11-8(10)3-2-7-6-9-4-5-12-7/h2-3,7,9H,4-6H2,1H3. The normalized spacial score (nSPS) is 24.2. The van der Waals surface area contributed by atoms with Gasteiger partial charge in [-0.25, -0.2) is 4.79 Å². The summed E-state index contributed by atoms with van der Waals surface area (Å²) in [6, 6.07) is 0. The highest BCUT2D eigenvalue weighted by atomic mass is 16.5. The first-order valence-corrected chi connectivity index (χ1v) is 3.91. The Kier molecular flexibility index (Phi) is 3.76. The van der Waals surface area contributed by atoms with Crippen LogP contribution in [-0.4, -0.2) is 38.9 Å². The Bertz CT molecular complexity index is 173. The number of carbonyl (C=O) groups is 1. The molecule has 4 nitrogen and oxygen atoms in total. The first-order valence-electron chi connectivity index (χ1n) is 3.91. The molecule has 1 aliphatic rings. The third-order valence-electron chi connectivity index (χ3n) is 1.60. The Labute approximate surface area is 71.5 Å². The number of rotatable bonds is 2. The van der Waals surface area contributed by atoms with E-state index in [1.165, 1.54) is 13.2 Å². The molecule has 1 N–H and O–H groups in total. The van der Waals surface area contributed by atoms with E-state index in [1.807, 2.05) is 0 Å². The molecule has 0 radical (unpaired) electrons. The van der Waals surface area contributed by atoms with Crippen LogP contribution in [0.15, 0.2) is 12.2 Å². The predicted octanol–water partition coefficient (Wildman–Crippen LogP) is -0.296. The van der Waals surface area contributed by atoms with Crippen molar-refractivity contribution in [1.29, 1.82) is 0 Å². The lowest BCUT2D eigenvalue weighted by atomic mass is 10.3. The van der Waals surface area contributed by atoms with E-state index in [0.717, 1.165) is 13.1 Å². The smallest absolute Gasteiger partial charge is 0.330 e. The monoisotopic (exact) mass is 171 g/mol. The van der Waals surface area contributed by atoms with Crippen molar-refractivity contribution in [2.24, 2.45) is 0 Å². The molecule has 4 heteroatoms. The molecule has 0 saturated carbocycles. The van der Waals surface area contributed by atoms with E-state index >= 15 is 0 Å². The summed E-state index contributed by atoms with van der Waals surface area (Å²) < 4.78 is 9.76. The van der Waals surface area contributed by atoms with Crippen molar-refractivity contribution in [3.05, 3.63) is 12.2 Å². The summed E-state index contributed by atoms with van der Waals surface area (Å²) in [5.41, 5.74) is 0. The molecule has 0 spiro atoms. The zero-order valence-electron chi connectivity index (χ0n) is 7.08. The lowest BCUT2D eigenvalue weighted by molar-refractivity contribution is -0.134. The molecule has 68 valence electrons. The number of morpholine rings is 1. The molecule has 0 aromatic heterocycles. The molecule has 0 aromatic carbocycles. The molecular weight excluding hydrogens is 158 g/mol. The Morgan fingerprint density at radius 3 is 3.17 bits per heavy atom. The summed E-state index contributed by atoms with van der Waals surface area (Å²) in [4.78, 5) is 10.7. The summed E-state index contributed by atoms with van der Waals surface area (Å²) in [6.45, 7) is 2.33. The highest BCUT2D eigenvalue weighted by Crippen LogP contribution is 1.97. The number of methoxy groups -OCH3 is 1. The Balaban J connectivity index is 2.28. The van der Waals surface area contributed by atoms with Gasteiger partial charge in [-0.2, -0.15) is 0 Å². The summed E-state index contributed by atoms with van der Waals surface area (Å²) in [5.74, 6) is -0.343. The molecule has 12 heavy (non-hydrogen) atoms. The fourth-order valence-electron chi connectivity index (χ4n) is 0.963.